The number of rotatable bonds is 5. The first kappa shape index (κ1) is 14.2. The van der Waals surface area contributed by atoms with Crippen molar-refractivity contribution in [2.75, 3.05) is 0 Å². The van der Waals surface area contributed by atoms with Gasteiger partial charge in [0.05, 0.1) is 11.7 Å². The second-order valence-electron chi connectivity index (χ2n) is 5.32. The molecule has 1 aliphatic rings. The van der Waals surface area contributed by atoms with E-state index in [4.69, 9.17) is 4.74 Å². The van der Waals surface area contributed by atoms with Crippen molar-refractivity contribution in [1.29, 1.82) is 0 Å². The molecule has 1 heterocycles. The first-order valence-corrected chi connectivity index (χ1v) is 7.34. The highest BCUT2D eigenvalue weighted by Crippen LogP contribution is 2.38. The third-order valence-electron chi connectivity index (χ3n) is 3.89. The van der Waals surface area contributed by atoms with E-state index in [1.165, 1.54) is 25.7 Å². The van der Waals surface area contributed by atoms with Gasteiger partial charge in [-0.05, 0) is 51.9 Å². The molecule has 1 fully saturated rings. The van der Waals surface area contributed by atoms with Crippen LogP contribution in [0, 0.1) is 5.92 Å². The van der Waals surface area contributed by atoms with Crippen LogP contribution in [0.3, 0.4) is 0 Å². The minimum Gasteiger partial charge on any atom is -0.371 e. The van der Waals surface area contributed by atoms with Crippen molar-refractivity contribution in [2.24, 2.45) is 5.92 Å². The van der Waals surface area contributed by atoms with E-state index in [1.807, 2.05) is 6.08 Å². The van der Waals surface area contributed by atoms with Gasteiger partial charge in [0, 0.05) is 4.83 Å². The van der Waals surface area contributed by atoms with Gasteiger partial charge in [-0.2, -0.15) is 0 Å². The third-order valence-corrected chi connectivity index (χ3v) is 4.86. The van der Waals surface area contributed by atoms with E-state index in [1.54, 1.807) is 0 Å². The van der Waals surface area contributed by atoms with Crippen molar-refractivity contribution in [1.82, 2.24) is 0 Å². The molecule has 0 aromatic rings. The average molecular weight is 289 g/mol. The molecule has 1 aliphatic heterocycles. The van der Waals surface area contributed by atoms with Gasteiger partial charge in [-0.1, -0.05) is 28.9 Å². The van der Waals surface area contributed by atoms with Gasteiger partial charge in [-0.15, -0.1) is 6.58 Å². The van der Waals surface area contributed by atoms with Crippen LogP contribution in [0.25, 0.3) is 0 Å². The molecule has 1 nitrogen and oxygen atoms in total. The second kappa shape index (κ2) is 6.20. The standard InChI is InChI=1S/C14H25BrO/c1-5-6-7-8-13-11(2)9-10-14(4,16-13)12(3)15/h5,11-13H,1,6-10H2,2-4H3/t11-,12-,13-,14+/m1/s1. The fourth-order valence-corrected chi connectivity index (χ4v) is 2.66. The minimum absolute atomic E-state index is 0.0192. The Morgan fingerprint density at radius 3 is 2.88 bits per heavy atom. The molecule has 2 heteroatoms. The molecule has 0 N–H and O–H groups in total. The minimum atomic E-state index is 0.0192. The molecule has 4 atom stereocenters. The summed E-state index contributed by atoms with van der Waals surface area (Å²) < 4.78 is 6.31. The topological polar surface area (TPSA) is 9.23 Å². The fourth-order valence-electron chi connectivity index (χ4n) is 2.32. The molecule has 16 heavy (non-hydrogen) atoms. The van der Waals surface area contributed by atoms with Gasteiger partial charge in [0.2, 0.25) is 0 Å². The maximum Gasteiger partial charge on any atom is 0.0780 e. The average Bonchev–Trinajstić information content (AvgIpc) is 2.23. The molecule has 0 bridgehead atoms. The summed E-state index contributed by atoms with van der Waals surface area (Å²) in [5, 5.41) is 0. The maximum absolute atomic E-state index is 6.31. The monoisotopic (exact) mass is 288 g/mol. The molecule has 0 spiro atoms. The van der Waals surface area contributed by atoms with Crippen molar-refractivity contribution in [3.63, 3.8) is 0 Å². The van der Waals surface area contributed by atoms with Crippen LogP contribution >= 0.6 is 15.9 Å². The molecule has 0 aromatic heterocycles. The summed E-state index contributed by atoms with van der Waals surface area (Å²) in [6.07, 6.45) is 8.35. The zero-order chi connectivity index (χ0) is 12.2. The van der Waals surface area contributed by atoms with Crippen LogP contribution in [0.15, 0.2) is 12.7 Å². The van der Waals surface area contributed by atoms with Gasteiger partial charge in [0.15, 0.2) is 0 Å². The van der Waals surface area contributed by atoms with Gasteiger partial charge >= 0.3 is 0 Å². The predicted molar refractivity (Wildman–Crippen MR) is 74.1 cm³/mol. The molecular formula is C14H25BrO. The van der Waals surface area contributed by atoms with E-state index in [-0.39, 0.29) is 5.60 Å². The van der Waals surface area contributed by atoms with Crippen molar-refractivity contribution < 1.29 is 4.74 Å². The zero-order valence-corrected chi connectivity index (χ0v) is 12.4. The van der Waals surface area contributed by atoms with Crippen LogP contribution in [-0.4, -0.2) is 16.5 Å². The smallest absolute Gasteiger partial charge is 0.0780 e. The van der Waals surface area contributed by atoms with Crippen LogP contribution in [0.2, 0.25) is 0 Å². The summed E-state index contributed by atoms with van der Waals surface area (Å²) >= 11 is 3.68. The molecule has 1 rings (SSSR count). The number of hydrogen-bond acceptors (Lipinski definition) is 1. The first-order chi connectivity index (χ1) is 7.49. The SMILES string of the molecule is C=CCCC[C@H]1O[C@](C)([C@@H](C)Br)CC[C@H]1C. The summed E-state index contributed by atoms with van der Waals surface area (Å²) in [5.74, 6) is 0.698. The van der Waals surface area contributed by atoms with Crippen molar-refractivity contribution in [2.45, 2.75) is 69.4 Å². The highest BCUT2D eigenvalue weighted by atomic mass is 79.9. The van der Waals surface area contributed by atoms with E-state index in [0.29, 0.717) is 16.8 Å². The van der Waals surface area contributed by atoms with Crippen molar-refractivity contribution in [3.8, 4) is 0 Å². The normalized spacial score (nSPS) is 37.0. The summed E-state index contributed by atoms with van der Waals surface area (Å²) in [6, 6.07) is 0. The Hall–Kier alpha value is 0.180. The molecule has 0 radical (unpaired) electrons. The molecule has 0 aromatic carbocycles. The third kappa shape index (κ3) is 3.59. The second-order valence-corrected chi connectivity index (χ2v) is 6.69. The van der Waals surface area contributed by atoms with E-state index in [0.717, 1.165) is 6.42 Å². The maximum atomic E-state index is 6.31. The molecule has 1 saturated heterocycles. The number of allylic oxidation sites excluding steroid dienone is 1. The predicted octanol–water partition coefficient (Wildman–Crippen LogP) is 4.70. The lowest BCUT2D eigenvalue weighted by Crippen LogP contribution is -2.46. The Balaban J connectivity index is 2.51. The number of halogens is 1. The molecule has 0 aliphatic carbocycles. The van der Waals surface area contributed by atoms with Gasteiger partial charge < -0.3 is 4.74 Å². The molecule has 0 saturated carbocycles. The molecule has 0 amide bonds. The lowest BCUT2D eigenvalue weighted by Gasteiger charge is -2.44. The van der Waals surface area contributed by atoms with E-state index >= 15 is 0 Å². The number of ether oxygens (including phenoxy) is 1. The van der Waals surface area contributed by atoms with Gasteiger partial charge in [-0.25, -0.2) is 0 Å². The highest BCUT2D eigenvalue weighted by molar-refractivity contribution is 9.09. The Bertz CT molecular complexity index is 227. The van der Waals surface area contributed by atoms with Gasteiger partial charge in [0.1, 0.15) is 0 Å². The first-order valence-electron chi connectivity index (χ1n) is 6.42. The lowest BCUT2D eigenvalue weighted by molar-refractivity contribution is -0.140. The molecule has 94 valence electrons. The summed E-state index contributed by atoms with van der Waals surface area (Å²) in [7, 11) is 0. The summed E-state index contributed by atoms with van der Waals surface area (Å²) in [5.41, 5.74) is 0.0192. The van der Waals surface area contributed by atoms with Crippen LogP contribution in [0.5, 0.6) is 0 Å². The zero-order valence-electron chi connectivity index (χ0n) is 10.8. The number of hydrogen-bond donors (Lipinski definition) is 0. The number of alkyl halides is 1. The lowest BCUT2D eigenvalue weighted by atomic mass is 9.83. The quantitative estimate of drug-likeness (QED) is 0.405. The molecular weight excluding hydrogens is 264 g/mol. The number of unbranched alkanes of at least 4 members (excludes halogenated alkanes) is 1. The highest BCUT2D eigenvalue weighted by Gasteiger charge is 2.39. The van der Waals surface area contributed by atoms with Gasteiger partial charge in [-0.3, -0.25) is 0 Å². The van der Waals surface area contributed by atoms with Crippen LogP contribution < -0.4 is 0 Å². The Morgan fingerprint density at radius 1 is 1.62 bits per heavy atom. The Kier molecular flexibility index (Phi) is 5.52. The van der Waals surface area contributed by atoms with Crippen LogP contribution in [-0.2, 0) is 4.74 Å². The van der Waals surface area contributed by atoms with E-state index < -0.39 is 0 Å². The van der Waals surface area contributed by atoms with Crippen LogP contribution in [0.1, 0.15) is 52.9 Å². The largest absolute Gasteiger partial charge is 0.371 e. The van der Waals surface area contributed by atoms with Crippen LogP contribution in [0.4, 0.5) is 0 Å². The molecule has 0 unspecified atom stereocenters. The van der Waals surface area contributed by atoms with E-state index in [9.17, 15) is 0 Å². The van der Waals surface area contributed by atoms with E-state index in [2.05, 4.69) is 43.3 Å². The Morgan fingerprint density at radius 2 is 2.31 bits per heavy atom. The fraction of sp³-hybridized carbons (Fsp3) is 0.857. The van der Waals surface area contributed by atoms with Gasteiger partial charge in [0.25, 0.3) is 0 Å². The van der Waals surface area contributed by atoms with Crippen molar-refractivity contribution in [3.05, 3.63) is 12.7 Å². The summed E-state index contributed by atoms with van der Waals surface area (Å²) in [4.78, 5) is 0.425. The summed E-state index contributed by atoms with van der Waals surface area (Å²) in [6.45, 7) is 10.5. The van der Waals surface area contributed by atoms with Crippen molar-refractivity contribution >= 4 is 15.9 Å². The Labute approximate surface area is 109 Å².